The fourth-order valence-corrected chi connectivity index (χ4v) is 3.55. The summed E-state index contributed by atoms with van der Waals surface area (Å²) in [6.07, 6.45) is 5.56. The van der Waals surface area contributed by atoms with Crippen LogP contribution < -0.4 is 10.5 Å². The number of allylic oxidation sites excluding steroid dienone is 1. The Bertz CT molecular complexity index is 1120. The number of aromatic nitrogens is 2. The second-order valence-electron chi connectivity index (χ2n) is 7.16. The maximum atomic E-state index is 9.84. The lowest BCUT2D eigenvalue weighted by Gasteiger charge is -2.18. The van der Waals surface area contributed by atoms with Crippen molar-refractivity contribution in [3.05, 3.63) is 114 Å². The first-order valence-corrected chi connectivity index (χ1v) is 10.2. The van der Waals surface area contributed by atoms with E-state index in [0.29, 0.717) is 19.7 Å². The molecule has 0 radical (unpaired) electrons. The third-order valence-electron chi connectivity index (χ3n) is 5.01. The number of rotatable bonds is 8. The van der Waals surface area contributed by atoms with E-state index in [9.17, 15) is 5.11 Å². The number of nitrogens with zero attached hydrogens (tertiary/aromatic N) is 2. The second kappa shape index (κ2) is 9.78. The largest absolute Gasteiger partial charge is 0.508 e. The first-order chi connectivity index (χ1) is 15.2. The Kier molecular flexibility index (Phi) is 6.45. The number of aromatic hydroxyl groups is 1. The van der Waals surface area contributed by atoms with Gasteiger partial charge in [0.2, 0.25) is 0 Å². The maximum absolute atomic E-state index is 9.84. The van der Waals surface area contributed by atoms with E-state index in [4.69, 9.17) is 10.5 Å². The quantitative estimate of drug-likeness (QED) is 0.416. The number of phenolic OH excluding ortho intramolecular Hbond substituents is 1. The summed E-state index contributed by atoms with van der Waals surface area (Å²) >= 11 is 0. The van der Waals surface area contributed by atoms with Crippen LogP contribution in [0.4, 0.5) is 0 Å². The molecule has 0 unspecified atom stereocenters. The third-order valence-corrected chi connectivity index (χ3v) is 5.01. The minimum Gasteiger partial charge on any atom is -0.508 e. The zero-order valence-corrected chi connectivity index (χ0v) is 17.2. The third kappa shape index (κ3) is 5.02. The number of imidazole rings is 1. The van der Waals surface area contributed by atoms with E-state index < -0.39 is 0 Å². The zero-order valence-electron chi connectivity index (χ0n) is 17.2. The topological polar surface area (TPSA) is 73.3 Å². The summed E-state index contributed by atoms with van der Waals surface area (Å²) in [4.78, 5) is 4.21. The molecule has 0 saturated carbocycles. The number of phenols is 1. The van der Waals surface area contributed by atoms with Crippen molar-refractivity contribution in [2.45, 2.75) is 6.54 Å². The molecule has 0 aliphatic carbocycles. The summed E-state index contributed by atoms with van der Waals surface area (Å²) < 4.78 is 7.71. The summed E-state index contributed by atoms with van der Waals surface area (Å²) in [5.74, 6) is 1.03. The molecule has 0 bridgehead atoms. The molecular formula is C26H25N3O2. The molecule has 0 atom stereocenters. The molecule has 3 N–H and O–H groups in total. The van der Waals surface area contributed by atoms with E-state index >= 15 is 0 Å². The molecule has 0 saturated heterocycles. The highest BCUT2D eigenvalue weighted by Crippen LogP contribution is 2.35. The maximum Gasteiger partial charge on any atom is 0.119 e. The van der Waals surface area contributed by atoms with Crippen LogP contribution in [0.3, 0.4) is 0 Å². The first kappa shape index (κ1) is 20.4. The number of nitrogens with two attached hydrogens (primary N) is 1. The van der Waals surface area contributed by atoms with E-state index in [1.807, 2.05) is 55.0 Å². The summed E-state index contributed by atoms with van der Waals surface area (Å²) in [6.45, 7) is 1.62. The van der Waals surface area contributed by atoms with Gasteiger partial charge >= 0.3 is 0 Å². The fourth-order valence-electron chi connectivity index (χ4n) is 3.55. The number of benzene rings is 3. The lowest BCUT2D eigenvalue weighted by molar-refractivity contribution is 0.328. The molecule has 5 heteroatoms. The average Bonchev–Trinajstić information content (AvgIpc) is 3.33. The van der Waals surface area contributed by atoms with Crippen molar-refractivity contribution in [2.24, 2.45) is 5.73 Å². The van der Waals surface area contributed by atoms with Gasteiger partial charge in [-0.1, -0.05) is 54.6 Å². The molecule has 4 aromatic rings. The van der Waals surface area contributed by atoms with Gasteiger partial charge in [-0.05, 0) is 52.1 Å². The Hall–Kier alpha value is -3.83. The Morgan fingerprint density at radius 3 is 2.16 bits per heavy atom. The number of ether oxygens (including phenoxy) is 1. The van der Waals surface area contributed by atoms with Gasteiger partial charge in [0.15, 0.2) is 0 Å². The van der Waals surface area contributed by atoms with Crippen LogP contribution in [0.15, 0.2) is 97.6 Å². The van der Waals surface area contributed by atoms with Gasteiger partial charge in [-0.25, -0.2) is 4.98 Å². The molecule has 0 aliphatic rings. The minimum absolute atomic E-state index is 0.240. The molecule has 0 spiro atoms. The SMILES string of the molecule is NCCOc1ccc(/C(=C(\Cn2ccnc2)c2ccccc2)c2ccc(O)cc2)cc1. The summed E-state index contributed by atoms with van der Waals surface area (Å²) in [6, 6.07) is 25.7. The molecule has 3 aromatic carbocycles. The average molecular weight is 412 g/mol. The summed E-state index contributed by atoms with van der Waals surface area (Å²) in [5.41, 5.74) is 11.0. The van der Waals surface area contributed by atoms with Crippen molar-refractivity contribution in [1.29, 1.82) is 0 Å². The van der Waals surface area contributed by atoms with Gasteiger partial charge in [-0.3, -0.25) is 0 Å². The molecule has 4 rings (SSSR count). The highest BCUT2D eigenvalue weighted by molar-refractivity contribution is 5.98. The van der Waals surface area contributed by atoms with Gasteiger partial charge in [0.05, 0.1) is 6.33 Å². The van der Waals surface area contributed by atoms with Gasteiger partial charge in [-0.2, -0.15) is 0 Å². The van der Waals surface area contributed by atoms with Crippen molar-refractivity contribution < 1.29 is 9.84 Å². The van der Waals surface area contributed by atoms with Crippen molar-refractivity contribution in [1.82, 2.24) is 9.55 Å². The van der Waals surface area contributed by atoms with Gasteiger partial charge in [0.1, 0.15) is 18.1 Å². The van der Waals surface area contributed by atoms with Crippen LogP contribution in [0.1, 0.15) is 16.7 Å². The van der Waals surface area contributed by atoms with E-state index in [0.717, 1.165) is 33.6 Å². The van der Waals surface area contributed by atoms with Crippen molar-refractivity contribution in [3.63, 3.8) is 0 Å². The predicted octanol–water partition coefficient (Wildman–Crippen LogP) is 4.59. The van der Waals surface area contributed by atoms with Crippen LogP contribution in [0.25, 0.3) is 11.1 Å². The molecule has 5 nitrogen and oxygen atoms in total. The highest BCUT2D eigenvalue weighted by atomic mass is 16.5. The fraction of sp³-hybridized carbons (Fsp3) is 0.115. The standard InChI is InChI=1S/C26H25N3O2/c27-14-17-31-24-12-8-22(9-13-24)26(21-6-10-23(30)11-7-21)25(18-29-16-15-28-19-29)20-4-2-1-3-5-20/h1-13,15-16,19,30H,14,17-18,27H2/b26-25+. The molecule has 0 fully saturated rings. The highest BCUT2D eigenvalue weighted by Gasteiger charge is 2.15. The monoisotopic (exact) mass is 411 g/mol. The van der Waals surface area contributed by atoms with Gasteiger partial charge in [-0.15, -0.1) is 0 Å². The molecule has 156 valence electrons. The molecular weight excluding hydrogens is 386 g/mol. The first-order valence-electron chi connectivity index (χ1n) is 10.2. The summed E-state index contributed by atoms with van der Waals surface area (Å²) in [5, 5.41) is 9.84. The van der Waals surface area contributed by atoms with Gasteiger partial charge in [0.25, 0.3) is 0 Å². The van der Waals surface area contributed by atoms with E-state index in [-0.39, 0.29) is 5.75 Å². The van der Waals surface area contributed by atoms with Crippen LogP contribution in [0.5, 0.6) is 11.5 Å². The van der Waals surface area contributed by atoms with E-state index in [1.165, 1.54) is 0 Å². The minimum atomic E-state index is 0.240. The van der Waals surface area contributed by atoms with Gasteiger partial charge < -0.3 is 20.1 Å². The molecule has 31 heavy (non-hydrogen) atoms. The Morgan fingerprint density at radius 1 is 0.871 bits per heavy atom. The smallest absolute Gasteiger partial charge is 0.119 e. The van der Waals surface area contributed by atoms with Crippen molar-refractivity contribution in [3.8, 4) is 11.5 Å². The van der Waals surface area contributed by atoms with E-state index in [1.54, 1.807) is 18.3 Å². The molecule has 1 aromatic heterocycles. The second-order valence-corrected chi connectivity index (χ2v) is 7.16. The molecule has 0 amide bonds. The zero-order chi connectivity index (χ0) is 21.5. The van der Waals surface area contributed by atoms with Crippen molar-refractivity contribution in [2.75, 3.05) is 13.2 Å². The number of hydrogen-bond acceptors (Lipinski definition) is 4. The van der Waals surface area contributed by atoms with Crippen LogP contribution in [0.2, 0.25) is 0 Å². The van der Waals surface area contributed by atoms with Crippen molar-refractivity contribution >= 4 is 11.1 Å². The Balaban J connectivity index is 1.89. The number of hydrogen-bond donors (Lipinski definition) is 2. The Labute approximate surface area is 182 Å². The summed E-state index contributed by atoms with van der Waals surface area (Å²) in [7, 11) is 0. The van der Waals surface area contributed by atoms with E-state index in [2.05, 4.69) is 33.8 Å². The lowest BCUT2D eigenvalue weighted by Crippen LogP contribution is -2.10. The van der Waals surface area contributed by atoms with Gasteiger partial charge in [0, 0.05) is 25.5 Å². The molecule has 0 aliphatic heterocycles. The predicted molar refractivity (Wildman–Crippen MR) is 124 cm³/mol. The molecule has 1 heterocycles. The van der Waals surface area contributed by atoms with Crippen LogP contribution in [-0.4, -0.2) is 27.8 Å². The van der Waals surface area contributed by atoms with Crippen LogP contribution in [-0.2, 0) is 6.54 Å². The lowest BCUT2D eigenvalue weighted by atomic mass is 9.89. The Morgan fingerprint density at radius 2 is 1.55 bits per heavy atom. The normalized spacial score (nSPS) is 11.8. The van der Waals surface area contributed by atoms with Crippen LogP contribution >= 0.6 is 0 Å². The van der Waals surface area contributed by atoms with Crippen LogP contribution in [0, 0.1) is 0 Å².